The van der Waals surface area contributed by atoms with Crippen molar-refractivity contribution in [3.05, 3.63) is 82.9 Å². The minimum Gasteiger partial charge on any atom is -0.461 e. The molecule has 6 nitrogen and oxygen atoms in total. The molecule has 2 bridgehead atoms. The van der Waals surface area contributed by atoms with Crippen molar-refractivity contribution in [3.63, 3.8) is 0 Å². The van der Waals surface area contributed by atoms with Gasteiger partial charge in [-0.25, -0.2) is 18.6 Å². The van der Waals surface area contributed by atoms with Crippen LogP contribution in [0.25, 0.3) is 16.9 Å². The van der Waals surface area contributed by atoms with Crippen molar-refractivity contribution in [1.29, 1.82) is 0 Å². The van der Waals surface area contributed by atoms with Crippen molar-refractivity contribution >= 4 is 11.6 Å². The highest BCUT2D eigenvalue weighted by Crippen LogP contribution is 2.69. The van der Waals surface area contributed by atoms with Crippen molar-refractivity contribution in [3.8, 4) is 11.3 Å². The van der Waals surface area contributed by atoms with Crippen molar-refractivity contribution < 1.29 is 18.3 Å². The first-order valence-corrected chi connectivity index (χ1v) is 11.8. The number of halogens is 2. The van der Waals surface area contributed by atoms with Gasteiger partial charge in [0.15, 0.2) is 5.69 Å². The van der Waals surface area contributed by atoms with E-state index in [9.17, 15) is 13.6 Å². The summed E-state index contributed by atoms with van der Waals surface area (Å²) in [5, 5.41) is 8.92. The zero-order valence-corrected chi connectivity index (χ0v) is 19.7. The summed E-state index contributed by atoms with van der Waals surface area (Å²) in [6.45, 7) is 6.44. The maximum Gasteiger partial charge on any atom is 0.358 e. The zero-order chi connectivity index (χ0) is 24.5. The predicted octanol–water partition coefficient (Wildman–Crippen LogP) is 5.45. The summed E-state index contributed by atoms with van der Waals surface area (Å²) in [6, 6.07) is 11.4. The first-order valence-electron chi connectivity index (χ1n) is 11.8. The molecule has 8 heteroatoms. The fourth-order valence-electron chi connectivity index (χ4n) is 6.42. The van der Waals surface area contributed by atoms with Crippen LogP contribution in [0.3, 0.4) is 0 Å². The van der Waals surface area contributed by atoms with Crippen LogP contribution in [0.4, 0.5) is 8.78 Å². The summed E-state index contributed by atoms with van der Waals surface area (Å²) in [6.07, 6.45) is 3.46. The largest absolute Gasteiger partial charge is 0.461 e. The zero-order valence-electron chi connectivity index (χ0n) is 19.7. The third kappa shape index (κ3) is 2.79. The highest BCUT2D eigenvalue weighted by atomic mass is 19.1. The monoisotopic (exact) mass is 474 g/mol. The third-order valence-electron chi connectivity index (χ3n) is 8.02. The van der Waals surface area contributed by atoms with Crippen LogP contribution in [0.2, 0.25) is 0 Å². The normalized spacial score (nSPS) is 21.9. The summed E-state index contributed by atoms with van der Waals surface area (Å²) in [5.41, 5.74) is 2.93. The molecular weight excluding hydrogens is 450 g/mol. The first kappa shape index (κ1) is 21.8. The molecule has 0 radical (unpaired) electrons. The van der Waals surface area contributed by atoms with Crippen LogP contribution in [0, 0.1) is 17.0 Å². The van der Waals surface area contributed by atoms with Crippen LogP contribution >= 0.6 is 0 Å². The summed E-state index contributed by atoms with van der Waals surface area (Å²) < 4.78 is 36.1. The van der Waals surface area contributed by atoms with Gasteiger partial charge in [-0.15, -0.1) is 5.10 Å². The molecule has 0 amide bonds. The van der Waals surface area contributed by atoms with Crippen molar-refractivity contribution in [2.75, 3.05) is 6.61 Å². The molecule has 2 aliphatic carbocycles. The second kappa shape index (κ2) is 7.41. The molecule has 6 rings (SSSR count). The van der Waals surface area contributed by atoms with Crippen LogP contribution in [-0.4, -0.2) is 32.2 Å². The Bertz CT molecular complexity index is 1490. The summed E-state index contributed by atoms with van der Waals surface area (Å²) in [4.78, 5) is 16.9. The number of aromatic nitrogens is 4. The Hall–Kier alpha value is -3.68. The SMILES string of the molecule is CCOC(=O)c1cn2c([C@@]34CC[C@@H](c5cc(-c6c(F)cccc6F)nnc53)C4(C)C)cccc2n1. The van der Waals surface area contributed by atoms with Gasteiger partial charge in [-0.3, -0.25) is 0 Å². The minimum absolute atomic E-state index is 0.143. The number of imidazole rings is 1. The lowest BCUT2D eigenvalue weighted by Crippen LogP contribution is -2.38. The summed E-state index contributed by atoms with van der Waals surface area (Å²) in [5.74, 6) is -1.65. The van der Waals surface area contributed by atoms with Gasteiger partial charge in [0.05, 0.1) is 29.0 Å². The molecule has 1 aromatic carbocycles. The molecule has 178 valence electrons. The van der Waals surface area contributed by atoms with Gasteiger partial charge in [-0.2, -0.15) is 5.10 Å². The highest BCUT2D eigenvalue weighted by Gasteiger charge is 2.65. The number of esters is 1. The molecule has 0 N–H and O–H groups in total. The molecule has 0 spiro atoms. The predicted molar refractivity (Wildman–Crippen MR) is 125 cm³/mol. The van der Waals surface area contributed by atoms with Gasteiger partial charge in [0.2, 0.25) is 0 Å². The van der Waals surface area contributed by atoms with E-state index in [1.54, 1.807) is 19.2 Å². The van der Waals surface area contributed by atoms with E-state index in [1.807, 2.05) is 22.6 Å². The highest BCUT2D eigenvalue weighted by molar-refractivity contribution is 5.88. The van der Waals surface area contributed by atoms with E-state index >= 15 is 0 Å². The van der Waals surface area contributed by atoms with Crippen molar-refractivity contribution in [2.45, 2.75) is 44.9 Å². The number of hydrogen-bond donors (Lipinski definition) is 0. The lowest BCUT2D eigenvalue weighted by atomic mass is 9.66. The van der Waals surface area contributed by atoms with Gasteiger partial charge in [0, 0.05) is 11.9 Å². The molecule has 3 heterocycles. The fourth-order valence-corrected chi connectivity index (χ4v) is 6.42. The number of fused-ring (bicyclic) bond motifs is 6. The smallest absolute Gasteiger partial charge is 0.358 e. The van der Waals surface area contributed by atoms with Crippen LogP contribution in [-0.2, 0) is 10.2 Å². The van der Waals surface area contributed by atoms with Gasteiger partial charge in [-0.05, 0) is 67.0 Å². The molecule has 2 aliphatic rings. The quantitative estimate of drug-likeness (QED) is 0.368. The van der Waals surface area contributed by atoms with Crippen LogP contribution in [0.15, 0.2) is 48.7 Å². The van der Waals surface area contributed by atoms with Gasteiger partial charge < -0.3 is 9.14 Å². The lowest BCUT2D eigenvalue weighted by Gasteiger charge is -2.38. The van der Waals surface area contributed by atoms with Gasteiger partial charge in [0.25, 0.3) is 0 Å². The van der Waals surface area contributed by atoms with E-state index in [1.165, 1.54) is 18.2 Å². The molecule has 4 aromatic rings. The molecule has 0 aliphatic heterocycles. The van der Waals surface area contributed by atoms with Gasteiger partial charge >= 0.3 is 5.97 Å². The van der Waals surface area contributed by atoms with E-state index in [-0.39, 0.29) is 34.9 Å². The molecule has 0 saturated heterocycles. The van der Waals surface area contributed by atoms with Crippen molar-refractivity contribution in [2.24, 2.45) is 5.41 Å². The first-order chi connectivity index (χ1) is 16.8. The number of ether oxygens (including phenoxy) is 1. The van der Waals surface area contributed by atoms with Gasteiger partial charge in [-0.1, -0.05) is 26.0 Å². The minimum atomic E-state index is -0.661. The lowest BCUT2D eigenvalue weighted by molar-refractivity contribution is 0.0520. The van der Waals surface area contributed by atoms with Gasteiger partial charge in [0.1, 0.15) is 17.3 Å². The van der Waals surface area contributed by atoms with E-state index in [0.717, 1.165) is 29.8 Å². The Kier molecular flexibility index (Phi) is 4.62. The molecular formula is C27H24F2N4O2. The number of hydrogen-bond acceptors (Lipinski definition) is 5. The Labute approximate surface area is 201 Å². The van der Waals surface area contributed by atoms with E-state index < -0.39 is 23.0 Å². The number of pyridine rings is 1. The molecule has 1 fully saturated rings. The van der Waals surface area contributed by atoms with Crippen LogP contribution in [0.5, 0.6) is 0 Å². The number of carbonyl (C=O) groups is 1. The summed E-state index contributed by atoms with van der Waals surface area (Å²) in [7, 11) is 0. The summed E-state index contributed by atoms with van der Waals surface area (Å²) >= 11 is 0. The Morgan fingerprint density at radius 1 is 1.14 bits per heavy atom. The number of nitrogens with zero attached hydrogens (tertiary/aromatic N) is 4. The fraction of sp³-hybridized carbons (Fsp3) is 0.333. The third-order valence-corrected chi connectivity index (χ3v) is 8.02. The molecule has 35 heavy (non-hydrogen) atoms. The maximum atomic E-state index is 14.5. The molecule has 1 saturated carbocycles. The van der Waals surface area contributed by atoms with E-state index in [0.29, 0.717) is 5.65 Å². The molecule has 0 unspecified atom stereocenters. The van der Waals surface area contributed by atoms with E-state index in [2.05, 4.69) is 29.0 Å². The molecule has 2 atom stereocenters. The Morgan fingerprint density at radius 3 is 2.63 bits per heavy atom. The van der Waals surface area contributed by atoms with Crippen LogP contribution in [0.1, 0.15) is 67.0 Å². The molecule has 3 aromatic heterocycles. The van der Waals surface area contributed by atoms with Crippen LogP contribution < -0.4 is 0 Å². The topological polar surface area (TPSA) is 69.4 Å². The standard InChI is InChI=1S/C27H24F2N4O2/c1-4-35-25(34)20-14-33-21(9-6-10-22(33)30-20)27-12-11-16(26(27,2)3)15-13-19(31-32-24(15)27)23-17(28)7-5-8-18(23)29/h5-10,13-14,16H,4,11-12H2,1-3H3/t16-,27-/m0/s1. The van der Waals surface area contributed by atoms with E-state index in [4.69, 9.17) is 4.74 Å². The maximum absolute atomic E-state index is 14.5. The second-order valence-electron chi connectivity index (χ2n) is 9.83. The number of rotatable bonds is 4. The average molecular weight is 475 g/mol. The number of benzene rings is 1. The van der Waals surface area contributed by atoms with Crippen molar-refractivity contribution in [1.82, 2.24) is 19.6 Å². The second-order valence-corrected chi connectivity index (χ2v) is 9.83. The Morgan fingerprint density at radius 2 is 1.89 bits per heavy atom. The average Bonchev–Trinajstić information content (AvgIpc) is 3.44. The number of carbonyl (C=O) groups excluding carboxylic acids is 1. The Balaban J connectivity index is 1.56.